The first-order valence-electron chi connectivity index (χ1n) is 7.05. The van der Waals surface area contributed by atoms with E-state index < -0.39 is 5.97 Å². The molecule has 2 aromatic rings. The van der Waals surface area contributed by atoms with Gasteiger partial charge in [0.15, 0.2) is 0 Å². The predicted octanol–water partition coefficient (Wildman–Crippen LogP) is 3.60. The van der Waals surface area contributed by atoms with Crippen LogP contribution in [0.3, 0.4) is 0 Å². The van der Waals surface area contributed by atoms with E-state index in [1.807, 2.05) is 24.3 Å². The summed E-state index contributed by atoms with van der Waals surface area (Å²) in [4.78, 5) is 12.9. The van der Waals surface area contributed by atoms with Crippen LogP contribution in [0.4, 0.5) is 0 Å². The molecule has 0 radical (unpaired) electrons. The zero-order valence-electron chi connectivity index (χ0n) is 12.7. The number of hydrogen-bond acceptors (Lipinski definition) is 2. The monoisotopic (exact) mass is 283 g/mol. The first-order chi connectivity index (χ1) is 9.97. The lowest BCUT2D eigenvalue weighted by Gasteiger charge is -2.20. The van der Waals surface area contributed by atoms with Gasteiger partial charge in [0.05, 0.1) is 6.42 Å². The Hall–Kier alpha value is -2.13. The van der Waals surface area contributed by atoms with Crippen molar-refractivity contribution in [2.45, 2.75) is 19.4 Å². The molecule has 0 saturated carbocycles. The standard InChI is InChI=1S/C18H21NO2/c1-13(19(2)3)16-5-4-6-17(12-16)15-9-7-14(8-10-15)11-18(20)21/h4-10,12-13H,11H2,1-3H3,(H,20,21)/t13-/m1/s1. The molecular formula is C18H21NO2. The number of aliphatic carboxylic acids is 1. The van der Waals surface area contributed by atoms with Crippen molar-refractivity contribution < 1.29 is 9.90 Å². The molecule has 0 fully saturated rings. The number of carbonyl (C=O) groups is 1. The molecule has 21 heavy (non-hydrogen) atoms. The zero-order valence-corrected chi connectivity index (χ0v) is 12.7. The summed E-state index contributed by atoms with van der Waals surface area (Å²) in [6, 6.07) is 16.6. The van der Waals surface area contributed by atoms with Gasteiger partial charge in [0, 0.05) is 6.04 Å². The molecule has 0 saturated heterocycles. The Kier molecular flexibility index (Phi) is 4.76. The smallest absolute Gasteiger partial charge is 0.307 e. The van der Waals surface area contributed by atoms with Crippen LogP contribution in [0, 0.1) is 0 Å². The van der Waals surface area contributed by atoms with E-state index in [1.54, 1.807) is 0 Å². The van der Waals surface area contributed by atoms with E-state index >= 15 is 0 Å². The van der Waals surface area contributed by atoms with Crippen LogP contribution in [-0.2, 0) is 11.2 Å². The SMILES string of the molecule is C[C@H](c1cccc(-c2ccc(CC(=O)O)cc2)c1)N(C)C. The molecule has 1 atom stereocenters. The van der Waals surface area contributed by atoms with Crippen LogP contribution in [0.5, 0.6) is 0 Å². The summed E-state index contributed by atoms with van der Waals surface area (Å²) in [7, 11) is 4.13. The molecule has 0 aliphatic carbocycles. The normalized spacial score (nSPS) is 12.4. The maximum atomic E-state index is 10.7. The lowest BCUT2D eigenvalue weighted by molar-refractivity contribution is -0.136. The van der Waals surface area contributed by atoms with Gasteiger partial charge in [-0.3, -0.25) is 4.79 Å². The minimum absolute atomic E-state index is 0.0674. The molecule has 0 amide bonds. The number of hydrogen-bond donors (Lipinski definition) is 1. The van der Waals surface area contributed by atoms with Crippen LogP contribution in [-0.4, -0.2) is 30.1 Å². The number of benzene rings is 2. The summed E-state index contributed by atoms with van der Waals surface area (Å²) in [6.45, 7) is 2.18. The van der Waals surface area contributed by atoms with Gasteiger partial charge in [-0.05, 0) is 49.3 Å². The van der Waals surface area contributed by atoms with E-state index in [-0.39, 0.29) is 6.42 Å². The summed E-state index contributed by atoms with van der Waals surface area (Å²) in [6.07, 6.45) is 0.0674. The fourth-order valence-corrected chi connectivity index (χ4v) is 2.27. The molecule has 1 N–H and O–H groups in total. The molecular weight excluding hydrogens is 262 g/mol. The van der Waals surface area contributed by atoms with Crippen molar-refractivity contribution in [3.63, 3.8) is 0 Å². The van der Waals surface area contributed by atoms with E-state index in [0.717, 1.165) is 16.7 Å². The second-order valence-corrected chi connectivity index (χ2v) is 5.53. The number of carboxylic acid groups (broad SMARTS) is 1. The second kappa shape index (κ2) is 6.55. The van der Waals surface area contributed by atoms with Crippen molar-refractivity contribution in [3.8, 4) is 11.1 Å². The first kappa shape index (κ1) is 15.3. The lowest BCUT2D eigenvalue weighted by Crippen LogP contribution is -2.16. The molecule has 0 spiro atoms. The van der Waals surface area contributed by atoms with Gasteiger partial charge in [0.25, 0.3) is 0 Å². The Morgan fingerprint density at radius 3 is 2.33 bits per heavy atom. The molecule has 110 valence electrons. The van der Waals surface area contributed by atoms with Crippen LogP contribution in [0.1, 0.15) is 24.1 Å². The van der Waals surface area contributed by atoms with Gasteiger partial charge in [0.1, 0.15) is 0 Å². The van der Waals surface area contributed by atoms with Crippen molar-refractivity contribution in [3.05, 3.63) is 59.7 Å². The van der Waals surface area contributed by atoms with E-state index in [2.05, 4.69) is 50.2 Å². The zero-order chi connectivity index (χ0) is 15.4. The molecule has 0 bridgehead atoms. The lowest BCUT2D eigenvalue weighted by atomic mass is 9.98. The van der Waals surface area contributed by atoms with Crippen molar-refractivity contribution >= 4 is 5.97 Å². The van der Waals surface area contributed by atoms with Gasteiger partial charge < -0.3 is 10.0 Å². The Labute approximate surface area is 125 Å². The third-order valence-electron chi connectivity index (χ3n) is 3.79. The molecule has 0 aromatic heterocycles. The summed E-state index contributed by atoms with van der Waals surface area (Å²) in [5.74, 6) is -0.801. The fourth-order valence-electron chi connectivity index (χ4n) is 2.27. The van der Waals surface area contributed by atoms with E-state index in [4.69, 9.17) is 5.11 Å². The van der Waals surface area contributed by atoms with Gasteiger partial charge >= 0.3 is 5.97 Å². The summed E-state index contributed by atoms with van der Waals surface area (Å²) >= 11 is 0. The number of rotatable bonds is 5. The first-order valence-corrected chi connectivity index (χ1v) is 7.05. The van der Waals surface area contributed by atoms with Crippen molar-refractivity contribution in [2.24, 2.45) is 0 Å². The highest BCUT2D eigenvalue weighted by Crippen LogP contribution is 2.25. The number of carboxylic acids is 1. The Morgan fingerprint density at radius 2 is 1.76 bits per heavy atom. The minimum atomic E-state index is -0.801. The maximum absolute atomic E-state index is 10.7. The van der Waals surface area contributed by atoms with Crippen LogP contribution in [0.2, 0.25) is 0 Å². The van der Waals surface area contributed by atoms with Crippen LogP contribution in [0.25, 0.3) is 11.1 Å². The molecule has 3 nitrogen and oxygen atoms in total. The quantitative estimate of drug-likeness (QED) is 0.911. The van der Waals surface area contributed by atoms with Crippen LogP contribution < -0.4 is 0 Å². The van der Waals surface area contributed by atoms with E-state index in [1.165, 1.54) is 5.56 Å². The maximum Gasteiger partial charge on any atom is 0.307 e. The number of nitrogens with zero attached hydrogens (tertiary/aromatic N) is 1. The predicted molar refractivity (Wildman–Crippen MR) is 85.3 cm³/mol. The molecule has 3 heteroatoms. The fraction of sp³-hybridized carbons (Fsp3) is 0.278. The van der Waals surface area contributed by atoms with Gasteiger partial charge in [-0.2, -0.15) is 0 Å². The Morgan fingerprint density at radius 1 is 1.10 bits per heavy atom. The van der Waals surface area contributed by atoms with Gasteiger partial charge in [0.2, 0.25) is 0 Å². The van der Waals surface area contributed by atoms with Crippen LogP contribution in [0.15, 0.2) is 48.5 Å². The molecule has 2 aromatic carbocycles. The minimum Gasteiger partial charge on any atom is -0.481 e. The van der Waals surface area contributed by atoms with Gasteiger partial charge in [-0.1, -0.05) is 42.5 Å². The largest absolute Gasteiger partial charge is 0.481 e. The average molecular weight is 283 g/mol. The van der Waals surface area contributed by atoms with Crippen molar-refractivity contribution in [1.29, 1.82) is 0 Å². The van der Waals surface area contributed by atoms with Gasteiger partial charge in [-0.25, -0.2) is 0 Å². The topological polar surface area (TPSA) is 40.5 Å². The van der Waals surface area contributed by atoms with Crippen molar-refractivity contribution in [1.82, 2.24) is 4.90 Å². The molecule has 0 aliphatic heterocycles. The summed E-state index contributed by atoms with van der Waals surface area (Å²) < 4.78 is 0. The third kappa shape index (κ3) is 3.92. The van der Waals surface area contributed by atoms with Crippen LogP contribution >= 0.6 is 0 Å². The molecule has 0 heterocycles. The summed E-state index contributed by atoms with van der Waals surface area (Å²) in [5.41, 5.74) is 4.36. The molecule has 0 aliphatic rings. The van der Waals surface area contributed by atoms with Gasteiger partial charge in [-0.15, -0.1) is 0 Å². The van der Waals surface area contributed by atoms with E-state index in [0.29, 0.717) is 6.04 Å². The molecule has 0 unspecified atom stereocenters. The Balaban J connectivity index is 2.25. The molecule has 2 rings (SSSR count). The highest BCUT2D eigenvalue weighted by atomic mass is 16.4. The average Bonchev–Trinajstić information content (AvgIpc) is 2.46. The third-order valence-corrected chi connectivity index (χ3v) is 3.79. The highest BCUT2D eigenvalue weighted by molar-refractivity contribution is 5.71. The van der Waals surface area contributed by atoms with Crippen molar-refractivity contribution in [2.75, 3.05) is 14.1 Å². The summed E-state index contributed by atoms with van der Waals surface area (Å²) in [5, 5.41) is 8.80. The Bertz CT molecular complexity index is 617. The van der Waals surface area contributed by atoms with E-state index in [9.17, 15) is 4.79 Å². The highest BCUT2D eigenvalue weighted by Gasteiger charge is 2.09. The second-order valence-electron chi connectivity index (χ2n) is 5.53.